The average molecular weight is 327 g/mol. The molecule has 0 heterocycles. The van der Waals surface area contributed by atoms with Crippen LogP contribution in [-0.2, 0) is 6.54 Å². The van der Waals surface area contributed by atoms with Gasteiger partial charge in [-0.2, -0.15) is 5.26 Å². The molecule has 4 nitrogen and oxygen atoms in total. The number of aliphatic imine (C=N–C) groups is 1. The van der Waals surface area contributed by atoms with Gasteiger partial charge < -0.3 is 10.6 Å². The van der Waals surface area contributed by atoms with Crippen molar-refractivity contribution < 1.29 is 0 Å². The van der Waals surface area contributed by atoms with Gasteiger partial charge in [-0.1, -0.05) is 35.9 Å². The third-order valence-corrected chi connectivity index (χ3v) is 3.71. The predicted molar refractivity (Wildman–Crippen MR) is 94.4 cm³/mol. The quantitative estimate of drug-likeness (QED) is 0.666. The van der Waals surface area contributed by atoms with Crippen molar-refractivity contribution in [2.45, 2.75) is 19.5 Å². The summed E-state index contributed by atoms with van der Waals surface area (Å²) in [5, 5.41) is 16.2. The zero-order chi connectivity index (χ0) is 16.7. The van der Waals surface area contributed by atoms with Crippen molar-refractivity contribution in [1.82, 2.24) is 10.6 Å². The van der Waals surface area contributed by atoms with Crippen LogP contribution in [0.5, 0.6) is 0 Å². The molecule has 0 saturated carbocycles. The van der Waals surface area contributed by atoms with Crippen LogP contribution in [0.4, 0.5) is 0 Å². The maximum Gasteiger partial charge on any atom is 0.191 e. The molecule has 0 fully saturated rings. The maximum absolute atomic E-state index is 8.93. The lowest BCUT2D eigenvalue weighted by Gasteiger charge is -2.18. The fourth-order valence-electron chi connectivity index (χ4n) is 2.17. The molecule has 5 heteroatoms. The number of benzene rings is 2. The van der Waals surface area contributed by atoms with Gasteiger partial charge in [0, 0.05) is 18.6 Å². The lowest BCUT2D eigenvalue weighted by atomic mass is 10.1. The first-order valence-electron chi connectivity index (χ1n) is 7.34. The fraction of sp³-hybridized carbons (Fsp3) is 0.222. The molecular formula is C18H19ClN4. The molecule has 0 radical (unpaired) electrons. The fourth-order valence-corrected chi connectivity index (χ4v) is 2.30. The van der Waals surface area contributed by atoms with Gasteiger partial charge in [-0.25, -0.2) is 0 Å². The highest BCUT2D eigenvalue weighted by Gasteiger charge is 2.07. The summed E-state index contributed by atoms with van der Waals surface area (Å²) >= 11 is 5.91. The van der Waals surface area contributed by atoms with E-state index in [0.717, 1.165) is 16.1 Å². The summed E-state index contributed by atoms with van der Waals surface area (Å²) in [5.41, 5.74) is 2.82. The Morgan fingerprint density at radius 3 is 2.65 bits per heavy atom. The lowest BCUT2D eigenvalue weighted by molar-refractivity contribution is 0.685. The summed E-state index contributed by atoms with van der Waals surface area (Å²) in [7, 11) is 1.73. The number of nitrogens with zero attached hydrogens (tertiary/aromatic N) is 2. The molecule has 23 heavy (non-hydrogen) atoms. The summed E-state index contributed by atoms with van der Waals surface area (Å²) in [6.07, 6.45) is 0. The SMILES string of the molecule is CN=C(NCc1cccc(C#N)c1)NC(C)c1ccc(Cl)cc1. The summed E-state index contributed by atoms with van der Waals surface area (Å²) in [4.78, 5) is 4.23. The maximum atomic E-state index is 8.93. The van der Waals surface area contributed by atoms with Gasteiger partial charge in [0.2, 0.25) is 0 Å². The zero-order valence-electron chi connectivity index (χ0n) is 13.2. The number of halogens is 1. The Morgan fingerprint density at radius 1 is 1.26 bits per heavy atom. The average Bonchev–Trinajstić information content (AvgIpc) is 2.59. The molecule has 0 aliphatic heterocycles. The Hall–Kier alpha value is -2.51. The molecule has 0 spiro atoms. The standard InChI is InChI=1S/C18H19ClN4/c1-13(16-6-8-17(19)9-7-16)23-18(21-2)22-12-15-5-3-4-14(10-15)11-20/h3-10,13H,12H2,1-2H3,(H2,21,22,23). The van der Waals surface area contributed by atoms with Gasteiger partial charge in [0.15, 0.2) is 5.96 Å². The first-order valence-corrected chi connectivity index (χ1v) is 7.72. The largest absolute Gasteiger partial charge is 0.352 e. The minimum atomic E-state index is 0.101. The Kier molecular flexibility index (Phi) is 6.02. The molecule has 2 aromatic rings. The van der Waals surface area contributed by atoms with Crippen molar-refractivity contribution in [1.29, 1.82) is 5.26 Å². The minimum Gasteiger partial charge on any atom is -0.352 e. The van der Waals surface area contributed by atoms with E-state index in [1.165, 1.54) is 0 Å². The first-order chi connectivity index (χ1) is 11.1. The summed E-state index contributed by atoms with van der Waals surface area (Å²) in [6.45, 7) is 2.66. The molecule has 2 rings (SSSR count). The molecule has 0 aliphatic carbocycles. The van der Waals surface area contributed by atoms with Crippen LogP contribution in [0, 0.1) is 11.3 Å². The zero-order valence-corrected chi connectivity index (χ0v) is 13.9. The highest BCUT2D eigenvalue weighted by Crippen LogP contribution is 2.15. The number of nitrogens with one attached hydrogen (secondary N) is 2. The van der Waals surface area contributed by atoms with Gasteiger partial charge in [0.05, 0.1) is 17.7 Å². The van der Waals surface area contributed by atoms with E-state index in [0.29, 0.717) is 18.1 Å². The topological polar surface area (TPSA) is 60.2 Å². The molecule has 0 saturated heterocycles. The van der Waals surface area contributed by atoms with Gasteiger partial charge in [-0.05, 0) is 42.3 Å². The van der Waals surface area contributed by atoms with Gasteiger partial charge in [0.25, 0.3) is 0 Å². The smallest absolute Gasteiger partial charge is 0.191 e. The number of hydrogen-bond acceptors (Lipinski definition) is 2. The van der Waals surface area contributed by atoms with Crippen LogP contribution in [0.2, 0.25) is 5.02 Å². The number of nitriles is 1. The molecule has 0 amide bonds. The summed E-state index contributed by atoms with van der Waals surface area (Å²) in [6, 6.07) is 17.5. The second-order valence-corrected chi connectivity index (χ2v) is 5.59. The summed E-state index contributed by atoms with van der Waals surface area (Å²) < 4.78 is 0. The van der Waals surface area contributed by atoms with Gasteiger partial charge in [-0.3, -0.25) is 4.99 Å². The molecule has 118 valence electrons. The number of rotatable bonds is 4. The molecule has 1 unspecified atom stereocenters. The second-order valence-electron chi connectivity index (χ2n) is 5.16. The van der Waals surface area contributed by atoms with Crippen molar-refractivity contribution in [3.63, 3.8) is 0 Å². The van der Waals surface area contributed by atoms with Crippen LogP contribution in [0.1, 0.15) is 29.7 Å². The number of hydrogen-bond donors (Lipinski definition) is 2. The Bertz CT molecular complexity index is 717. The molecule has 0 aromatic heterocycles. The third kappa shape index (κ3) is 5.01. The van der Waals surface area contributed by atoms with E-state index in [4.69, 9.17) is 16.9 Å². The van der Waals surface area contributed by atoms with E-state index < -0.39 is 0 Å². The normalized spacial score (nSPS) is 12.3. The van der Waals surface area contributed by atoms with E-state index in [1.54, 1.807) is 13.1 Å². The van der Waals surface area contributed by atoms with E-state index in [1.807, 2.05) is 42.5 Å². The van der Waals surface area contributed by atoms with E-state index in [2.05, 4.69) is 28.6 Å². The van der Waals surface area contributed by atoms with Crippen molar-refractivity contribution in [3.8, 4) is 6.07 Å². The molecule has 0 aliphatic rings. The highest BCUT2D eigenvalue weighted by atomic mass is 35.5. The molecular weight excluding hydrogens is 308 g/mol. The molecule has 2 N–H and O–H groups in total. The Balaban J connectivity index is 1.95. The van der Waals surface area contributed by atoms with Crippen molar-refractivity contribution in [2.75, 3.05) is 7.05 Å². The van der Waals surface area contributed by atoms with E-state index >= 15 is 0 Å². The van der Waals surface area contributed by atoms with Crippen LogP contribution >= 0.6 is 11.6 Å². The Morgan fingerprint density at radius 2 is 2.00 bits per heavy atom. The van der Waals surface area contributed by atoms with Crippen LogP contribution in [-0.4, -0.2) is 13.0 Å². The summed E-state index contributed by atoms with van der Waals surface area (Å²) in [5.74, 6) is 0.704. The second kappa shape index (κ2) is 8.21. The van der Waals surface area contributed by atoms with Crippen LogP contribution in [0.15, 0.2) is 53.5 Å². The molecule has 1 atom stereocenters. The predicted octanol–water partition coefficient (Wildman–Crippen LogP) is 3.64. The first kappa shape index (κ1) is 16.9. The van der Waals surface area contributed by atoms with Crippen LogP contribution < -0.4 is 10.6 Å². The number of guanidine groups is 1. The van der Waals surface area contributed by atoms with Gasteiger partial charge in [0.1, 0.15) is 0 Å². The van der Waals surface area contributed by atoms with E-state index in [-0.39, 0.29) is 6.04 Å². The third-order valence-electron chi connectivity index (χ3n) is 3.46. The van der Waals surface area contributed by atoms with Crippen LogP contribution in [0.3, 0.4) is 0 Å². The minimum absolute atomic E-state index is 0.101. The van der Waals surface area contributed by atoms with Crippen molar-refractivity contribution in [2.24, 2.45) is 4.99 Å². The monoisotopic (exact) mass is 326 g/mol. The molecule has 0 bridgehead atoms. The van der Waals surface area contributed by atoms with Gasteiger partial charge in [-0.15, -0.1) is 0 Å². The van der Waals surface area contributed by atoms with Gasteiger partial charge >= 0.3 is 0 Å². The lowest BCUT2D eigenvalue weighted by Crippen LogP contribution is -2.38. The van der Waals surface area contributed by atoms with Crippen molar-refractivity contribution >= 4 is 17.6 Å². The van der Waals surface area contributed by atoms with E-state index in [9.17, 15) is 0 Å². The molecule has 2 aromatic carbocycles. The van der Waals surface area contributed by atoms with Crippen molar-refractivity contribution in [3.05, 3.63) is 70.2 Å². The highest BCUT2D eigenvalue weighted by molar-refractivity contribution is 6.30. The van der Waals surface area contributed by atoms with Crippen LogP contribution in [0.25, 0.3) is 0 Å². The Labute approximate surface area is 141 Å².